The summed E-state index contributed by atoms with van der Waals surface area (Å²) in [6, 6.07) is 11.1. The van der Waals surface area contributed by atoms with E-state index in [9.17, 15) is 4.79 Å². The molecule has 0 spiro atoms. The third-order valence-electron chi connectivity index (χ3n) is 3.97. The molecule has 4 nitrogen and oxygen atoms in total. The van der Waals surface area contributed by atoms with Crippen LogP contribution in [0, 0.1) is 6.92 Å². The highest BCUT2D eigenvalue weighted by Gasteiger charge is 2.09. The minimum atomic E-state index is -0.0615. The lowest BCUT2D eigenvalue weighted by Crippen LogP contribution is -2.00. The molecule has 0 bridgehead atoms. The monoisotopic (exact) mass is 368 g/mol. The van der Waals surface area contributed by atoms with E-state index in [-0.39, 0.29) is 5.78 Å². The maximum atomic E-state index is 12.4. The maximum absolute atomic E-state index is 12.4. The first-order valence-electron chi connectivity index (χ1n) is 9.44. The summed E-state index contributed by atoms with van der Waals surface area (Å²) < 4.78 is 16.9. The van der Waals surface area contributed by atoms with Crippen molar-refractivity contribution in [3.8, 4) is 17.2 Å². The average Bonchev–Trinajstić information content (AvgIpc) is 2.68. The molecule has 0 aliphatic carbocycles. The maximum Gasteiger partial charge on any atom is 0.185 e. The van der Waals surface area contributed by atoms with Gasteiger partial charge in [-0.15, -0.1) is 0 Å². The minimum Gasteiger partial charge on any atom is -0.494 e. The van der Waals surface area contributed by atoms with Gasteiger partial charge in [-0.1, -0.05) is 13.0 Å². The second kappa shape index (κ2) is 10.4. The van der Waals surface area contributed by atoms with Crippen LogP contribution in [-0.4, -0.2) is 25.6 Å². The van der Waals surface area contributed by atoms with Crippen molar-refractivity contribution in [2.24, 2.45) is 0 Å². The number of benzene rings is 2. The highest BCUT2D eigenvalue weighted by Crippen LogP contribution is 2.30. The van der Waals surface area contributed by atoms with Gasteiger partial charge in [0.15, 0.2) is 5.78 Å². The number of hydrogen-bond acceptors (Lipinski definition) is 4. The van der Waals surface area contributed by atoms with Crippen LogP contribution in [0.2, 0.25) is 0 Å². The third-order valence-corrected chi connectivity index (χ3v) is 3.97. The summed E-state index contributed by atoms with van der Waals surface area (Å²) in [5, 5.41) is 0. The highest BCUT2D eigenvalue weighted by molar-refractivity contribution is 6.06. The summed E-state index contributed by atoms with van der Waals surface area (Å²) >= 11 is 0. The molecule has 0 amide bonds. The normalized spacial score (nSPS) is 10.8. The average molecular weight is 368 g/mol. The zero-order chi connectivity index (χ0) is 19.6. The Labute approximate surface area is 161 Å². The molecule has 27 heavy (non-hydrogen) atoms. The van der Waals surface area contributed by atoms with Gasteiger partial charge in [0.1, 0.15) is 17.2 Å². The van der Waals surface area contributed by atoms with Crippen LogP contribution in [0.25, 0.3) is 6.08 Å². The van der Waals surface area contributed by atoms with Gasteiger partial charge in [0.2, 0.25) is 0 Å². The molecule has 0 saturated carbocycles. The van der Waals surface area contributed by atoms with Gasteiger partial charge in [0.25, 0.3) is 0 Å². The topological polar surface area (TPSA) is 44.8 Å². The molecule has 0 aromatic heterocycles. The number of allylic oxidation sites excluding steroid dienone is 1. The Bertz CT molecular complexity index is 748. The number of rotatable bonds is 10. The van der Waals surface area contributed by atoms with Crippen molar-refractivity contribution in [3.63, 3.8) is 0 Å². The zero-order valence-electron chi connectivity index (χ0n) is 16.6. The smallest absolute Gasteiger partial charge is 0.185 e. The molecule has 0 aliphatic rings. The van der Waals surface area contributed by atoms with Crippen molar-refractivity contribution in [2.75, 3.05) is 19.8 Å². The van der Waals surface area contributed by atoms with E-state index in [2.05, 4.69) is 6.92 Å². The van der Waals surface area contributed by atoms with Gasteiger partial charge in [-0.3, -0.25) is 4.79 Å². The molecule has 2 aromatic carbocycles. The molecule has 4 heteroatoms. The van der Waals surface area contributed by atoms with Crippen molar-refractivity contribution in [2.45, 2.75) is 34.1 Å². The molecule has 0 radical (unpaired) electrons. The van der Waals surface area contributed by atoms with Gasteiger partial charge in [-0.2, -0.15) is 0 Å². The Morgan fingerprint density at radius 2 is 1.52 bits per heavy atom. The predicted octanol–water partition coefficient (Wildman–Crippen LogP) is 5.48. The summed E-state index contributed by atoms with van der Waals surface area (Å²) in [4.78, 5) is 12.4. The second-order valence-electron chi connectivity index (χ2n) is 6.08. The van der Waals surface area contributed by atoms with E-state index < -0.39 is 0 Å². The predicted molar refractivity (Wildman–Crippen MR) is 109 cm³/mol. The minimum absolute atomic E-state index is 0.0615. The van der Waals surface area contributed by atoms with Crippen LogP contribution in [-0.2, 0) is 0 Å². The molecule has 2 rings (SSSR count). The SMILES string of the molecule is CCCOc1ccc(C(=O)/C=C/c2cc(OCC)c(C)c(OCC)c2)cc1. The first kappa shape index (κ1) is 20.6. The lowest BCUT2D eigenvalue weighted by Gasteiger charge is -2.13. The largest absolute Gasteiger partial charge is 0.494 e. The first-order chi connectivity index (χ1) is 13.1. The molecule has 0 saturated heterocycles. The number of hydrogen-bond donors (Lipinski definition) is 0. The number of carbonyl (C=O) groups is 1. The fourth-order valence-corrected chi connectivity index (χ4v) is 2.59. The Morgan fingerprint density at radius 1 is 0.926 bits per heavy atom. The van der Waals surface area contributed by atoms with Crippen molar-refractivity contribution >= 4 is 11.9 Å². The van der Waals surface area contributed by atoms with Crippen LogP contribution in [0.1, 0.15) is 48.7 Å². The highest BCUT2D eigenvalue weighted by atomic mass is 16.5. The van der Waals surface area contributed by atoms with Crippen LogP contribution < -0.4 is 14.2 Å². The Kier molecular flexibility index (Phi) is 7.93. The van der Waals surface area contributed by atoms with Crippen LogP contribution in [0.15, 0.2) is 42.5 Å². The summed E-state index contributed by atoms with van der Waals surface area (Å²) in [7, 11) is 0. The third kappa shape index (κ3) is 5.88. The van der Waals surface area contributed by atoms with Crippen LogP contribution in [0.5, 0.6) is 17.2 Å². The molecular formula is C23H28O4. The Morgan fingerprint density at radius 3 is 2.04 bits per heavy atom. The lowest BCUT2D eigenvalue weighted by atomic mass is 10.1. The van der Waals surface area contributed by atoms with Crippen LogP contribution in [0.4, 0.5) is 0 Å². The molecule has 0 heterocycles. The molecule has 2 aromatic rings. The van der Waals surface area contributed by atoms with Crippen LogP contribution >= 0.6 is 0 Å². The fraction of sp³-hybridized carbons (Fsp3) is 0.348. The molecular weight excluding hydrogens is 340 g/mol. The molecule has 0 N–H and O–H groups in total. The van der Waals surface area contributed by atoms with Gasteiger partial charge >= 0.3 is 0 Å². The van der Waals surface area contributed by atoms with Gasteiger partial charge in [0.05, 0.1) is 19.8 Å². The Balaban J connectivity index is 2.17. The summed E-state index contributed by atoms with van der Waals surface area (Å²) in [5.74, 6) is 2.26. The van der Waals surface area contributed by atoms with E-state index in [1.165, 1.54) is 0 Å². The van der Waals surface area contributed by atoms with Crippen molar-refractivity contribution in [1.82, 2.24) is 0 Å². The van der Waals surface area contributed by atoms with E-state index in [0.29, 0.717) is 25.4 Å². The standard InChI is InChI=1S/C23H28O4/c1-5-14-27-20-11-9-19(10-12-20)21(24)13-8-18-15-22(25-6-2)17(4)23(16-18)26-7-3/h8-13,15-16H,5-7,14H2,1-4H3/b13-8+. The Hall–Kier alpha value is -2.75. The molecule has 0 atom stereocenters. The van der Waals surface area contributed by atoms with Crippen molar-refractivity contribution < 1.29 is 19.0 Å². The van der Waals surface area contributed by atoms with Gasteiger partial charge in [0, 0.05) is 11.1 Å². The van der Waals surface area contributed by atoms with Crippen molar-refractivity contribution in [1.29, 1.82) is 0 Å². The number of ketones is 1. The van der Waals surface area contributed by atoms with Gasteiger partial charge in [-0.05, 0) is 75.2 Å². The summed E-state index contributed by atoms with van der Waals surface area (Å²) in [5.41, 5.74) is 2.45. The number of ether oxygens (including phenoxy) is 3. The van der Waals surface area contributed by atoms with E-state index in [0.717, 1.165) is 34.8 Å². The molecule has 0 unspecified atom stereocenters. The first-order valence-corrected chi connectivity index (χ1v) is 9.44. The summed E-state index contributed by atoms with van der Waals surface area (Å²) in [6.07, 6.45) is 4.31. The fourth-order valence-electron chi connectivity index (χ4n) is 2.59. The van der Waals surface area contributed by atoms with E-state index in [4.69, 9.17) is 14.2 Å². The lowest BCUT2D eigenvalue weighted by molar-refractivity contribution is 0.104. The van der Waals surface area contributed by atoms with Gasteiger partial charge < -0.3 is 14.2 Å². The second-order valence-corrected chi connectivity index (χ2v) is 6.08. The number of carbonyl (C=O) groups excluding carboxylic acids is 1. The zero-order valence-corrected chi connectivity index (χ0v) is 16.6. The van der Waals surface area contributed by atoms with E-state index >= 15 is 0 Å². The van der Waals surface area contributed by atoms with Gasteiger partial charge in [-0.25, -0.2) is 0 Å². The van der Waals surface area contributed by atoms with Crippen LogP contribution in [0.3, 0.4) is 0 Å². The molecule has 0 fully saturated rings. The summed E-state index contributed by atoms with van der Waals surface area (Å²) in [6.45, 7) is 9.73. The van der Waals surface area contributed by atoms with Crippen molar-refractivity contribution in [3.05, 3.63) is 59.2 Å². The molecule has 0 aliphatic heterocycles. The molecule has 144 valence electrons. The van der Waals surface area contributed by atoms with E-state index in [1.54, 1.807) is 24.3 Å². The quantitative estimate of drug-likeness (QED) is 0.412. The van der Waals surface area contributed by atoms with E-state index in [1.807, 2.05) is 45.0 Å².